The first-order chi connectivity index (χ1) is 12.2. The highest BCUT2D eigenvalue weighted by molar-refractivity contribution is 5.90. The molecule has 0 aromatic rings. The van der Waals surface area contributed by atoms with Crippen LogP contribution in [0.3, 0.4) is 0 Å². The lowest BCUT2D eigenvalue weighted by atomic mass is 9.58. The molecule has 1 spiro atoms. The summed E-state index contributed by atoms with van der Waals surface area (Å²) in [6.45, 7) is 5.99. The van der Waals surface area contributed by atoms with Gasteiger partial charge < -0.3 is 19.3 Å². The molecule has 0 aromatic carbocycles. The highest BCUT2D eigenvalue weighted by Crippen LogP contribution is 2.60. The fraction of sp³-hybridized carbons (Fsp3) is 0.889. The average Bonchev–Trinajstić information content (AvgIpc) is 2.78. The van der Waals surface area contributed by atoms with Crippen molar-refractivity contribution < 1.29 is 38.7 Å². The zero-order chi connectivity index (χ0) is 18.7. The largest absolute Gasteiger partial charge is 0.481 e. The topological polar surface area (TPSA) is 101 Å². The van der Waals surface area contributed by atoms with Crippen LogP contribution in [0.4, 0.5) is 0 Å². The third-order valence-corrected chi connectivity index (χ3v) is 6.64. The number of carbonyl (C=O) groups is 2. The molecule has 1 N–H and O–H groups in total. The van der Waals surface area contributed by atoms with Gasteiger partial charge in [0.1, 0.15) is 6.42 Å². The van der Waals surface area contributed by atoms with E-state index in [1.807, 2.05) is 13.8 Å². The predicted molar refractivity (Wildman–Crippen MR) is 85.2 cm³/mol. The van der Waals surface area contributed by atoms with Crippen LogP contribution in [-0.4, -0.2) is 41.0 Å². The molecule has 4 heterocycles. The number of carboxylic acid groups (broad SMARTS) is 1. The van der Waals surface area contributed by atoms with Crippen LogP contribution in [0.5, 0.6) is 0 Å². The van der Waals surface area contributed by atoms with Gasteiger partial charge in [-0.3, -0.25) is 9.59 Å². The molecule has 1 aliphatic carbocycles. The summed E-state index contributed by atoms with van der Waals surface area (Å²) < 4.78 is 17.5. The van der Waals surface area contributed by atoms with Crippen molar-refractivity contribution in [3.05, 3.63) is 0 Å². The molecule has 4 saturated heterocycles. The van der Waals surface area contributed by atoms with Crippen molar-refractivity contribution in [2.45, 2.75) is 76.8 Å². The Hall–Kier alpha value is -1.22. The first kappa shape index (κ1) is 18.2. The van der Waals surface area contributed by atoms with Crippen LogP contribution in [-0.2, 0) is 33.6 Å². The molecule has 2 bridgehead atoms. The quantitative estimate of drug-likeness (QED) is 0.458. The van der Waals surface area contributed by atoms with E-state index in [1.54, 1.807) is 0 Å². The summed E-state index contributed by atoms with van der Waals surface area (Å²) >= 11 is 0. The Balaban J connectivity index is 1.64. The van der Waals surface area contributed by atoms with Crippen molar-refractivity contribution in [3.63, 3.8) is 0 Å². The number of hydrogen-bond donors (Lipinski definition) is 1. The molecule has 5 rings (SSSR count). The van der Waals surface area contributed by atoms with E-state index in [0.717, 1.165) is 19.3 Å². The molecule has 0 radical (unpaired) electrons. The molecule has 5 aliphatic rings. The number of fused-ring (bicyclic) bond motifs is 2. The van der Waals surface area contributed by atoms with Crippen molar-refractivity contribution in [2.75, 3.05) is 0 Å². The number of rotatable bonds is 3. The van der Waals surface area contributed by atoms with E-state index in [2.05, 4.69) is 6.92 Å². The van der Waals surface area contributed by atoms with Gasteiger partial charge in [-0.05, 0) is 38.0 Å². The molecule has 8 heteroatoms. The van der Waals surface area contributed by atoms with Crippen LogP contribution in [0.25, 0.3) is 0 Å². The molecule has 5 fully saturated rings. The summed E-state index contributed by atoms with van der Waals surface area (Å²) in [6, 6.07) is 0. The van der Waals surface area contributed by atoms with E-state index in [4.69, 9.17) is 29.1 Å². The molecular formula is C18H26O8. The van der Waals surface area contributed by atoms with Crippen LogP contribution in [0.15, 0.2) is 0 Å². The normalized spacial score (nSPS) is 49.8. The number of ether oxygens (including phenoxy) is 3. The minimum absolute atomic E-state index is 0.0349. The molecule has 8 atom stereocenters. The van der Waals surface area contributed by atoms with E-state index < -0.39 is 42.3 Å². The fourth-order valence-corrected chi connectivity index (χ4v) is 5.30. The van der Waals surface area contributed by atoms with Gasteiger partial charge in [0.15, 0.2) is 11.9 Å². The van der Waals surface area contributed by atoms with Crippen molar-refractivity contribution >= 4 is 11.9 Å². The fourth-order valence-electron chi connectivity index (χ4n) is 5.30. The predicted octanol–water partition coefficient (Wildman–Crippen LogP) is 2.21. The summed E-state index contributed by atoms with van der Waals surface area (Å²) in [4.78, 5) is 34.3. The van der Waals surface area contributed by atoms with Gasteiger partial charge in [0.05, 0.1) is 0 Å². The first-order valence-electron chi connectivity index (χ1n) is 9.36. The lowest BCUT2D eigenvalue weighted by Gasteiger charge is -2.59. The Bertz CT molecular complexity index is 608. The van der Waals surface area contributed by atoms with E-state index in [9.17, 15) is 9.59 Å². The van der Waals surface area contributed by atoms with E-state index in [0.29, 0.717) is 12.3 Å². The van der Waals surface area contributed by atoms with Crippen LogP contribution < -0.4 is 0 Å². The SMILES string of the molecule is C[C@H]1C(OC(=O)CC(=O)O)OC2O[C@@]3(C)CCC4[C@H](C)CCC1[C@@]24OO3. The van der Waals surface area contributed by atoms with Gasteiger partial charge in [0, 0.05) is 18.3 Å². The molecule has 8 nitrogen and oxygen atoms in total. The molecule has 26 heavy (non-hydrogen) atoms. The second-order valence-electron chi connectivity index (χ2n) is 8.33. The van der Waals surface area contributed by atoms with Gasteiger partial charge in [0.25, 0.3) is 0 Å². The number of esters is 1. The molecular weight excluding hydrogens is 344 g/mol. The van der Waals surface area contributed by atoms with Crippen molar-refractivity contribution in [2.24, 2.45) is 23.7 Å². The van der Waals surface area contributed by atoms with Crippen molar-refractivity contribution in [1.29, 1.82) is 0 Å². The van der Waals surface area contributed by atoms with Crippen LogP contribution >= 0.6 is 0 Å². The number of carbonyl (C=O) groups excluding carboxylic acids is 1. The van der Waals surface area contributed by atoms with Crippen molar-refractivity contribution in [1.82, 2.24) is 0 Å². The molecule has 1 saturated carbocycles. The number of hydrogen-bond acceptors (Lipinski definition) is 7. The second kappa shape index (κ2) is 6.15. The zero-order valence-electron chi connectivity index (χ0n) is 15.3. The second-order valence-corrected chi connectivity index (χ2v) is 8.33. The van der Waals surface area contributed by atoms with Gasteiger partial charge >= 0.3 is 11.9 Å². The van der Waals surface area contributed by atoms with Crippen LogP contribution in [0.2, 0.25) is 0 Å². The van der Waals surface area contributed by atoms with Gasteiger partial charge in [-0.25, -0.2) is 9.78 Å². The minimum atomic E-state index is -1.23. The highest BCUT2D eigenvalue weighted by Gasteiger charge is 2.69. The summed E-state index contributed by atoms with van der Waals surface area (Å²) in [5.41, 5.74) is -0.719. The van der Waals surface area contributed by atoms with Crippen molar-refractivity contribution in [3.8, 4) is 0 Å². The maximum absolute atomic E-state index is 11.9. The first-order valence-corrected chi connectivity index (χ1v) is 9.36. The molecule has 4 unspecified atom stereocenters. The summed E-state index contributed by atoms with van der Waals surface area (Å²) in [7, 11) is 0. The maximum Gasteiger partial charge on any atom is 0.319 e. The summed E-state index contributed by atoms with van der Waals surface area (Å²) in [5, 5.41) is 8.79. The lowest BCUT2D eigenvalue weighted by molar-refractivity contribution is -0.576. The Morgan fingerprint density at radius 2 is 1.92 bits per heavy atom. The average molecular weight is 370 g/mol. The Labute approximate surface area is 152 Å². The zero-order valence-corrected chi connectivity index (χ0v) is 15.3. The van der Waals surface area contributed by atoms with Gasteiger partial charge in [-0.1, -0.05) is 13.8 Å². The van der Waals surface area contributed by atoms with E-state index in [-0.39, 0.29) is 17.8 Å². The standard InChI is InChI=1S/C18H26O8/c1-9-4-5-12-10(2)15(22-14(21)8-13(19)20)23-16-18(12)11(9)6-7-17(3,24-16)25-26-18/h9-12,15-16H,4-8H2,1-3H3,(H,19,20)/t9-,10-,11?,12?,15?,16?,17-,18-/m1/s1. The lowest BCUT2D eigenvalue weighted by Crippen LogP contribution is -2.70. The molecule has 0 aromatic heterocycles. The Morgan fingerprint density at radius 3 is 2.65 bits per heavy atom. The molecule has 0 amide bonds. The monoisotopic (exact) mass is 370 g/mol. The van der Waals surface area contributed by atoms with Gasteiger partial charge in [0.2, 0.25) is 12.1 Å². The highest BCUT2D eigenvalue weighted by atomic mass is 17.3. The summed E-state index contributed by atoms with van der Waals surface area (Å²) in [5.74, 6) is -2.38. The number of aliphatic carboxylic acids is 1. The van der Waals surface area contributed by atoms with Crippen LogP contribution in [0.1, 0.15) is 52.9 Å². The minimum Gasteiger partial charge on any atom is -0.481 e. The smallest absolute Gasteiger partial charge is 0.319 e. The summed E-state index contributed by atoms with van der Waals surface area (Å²) in [6.07, 6.45) is 1.30. The van der Waals surface area contributed by atoms with E-state index in [1.165, 1.54) is 0 Å². The van der Waals surface area contributed by atoms with Crippen LogP contribution in [0, 0.1) is 23.7 Å². The molecule has 4 aliphatic heterocycles. The Kier molecular flexibility index (Phi) is 4.30. The van der Waals surface area contributed by atoms with Gasteiger partial charge in [-0.2, -0.15) is 0 Å². The molecule has 146 valence electrons. The van der Waals surface area contributed by atoms with Gasteiger partial charge in [-0.15, -0.1) is 0 Å². The third kappa shape index (κ3) is 2.66. The number of carboxylic acids is 1. The van der Waals surface area contributed by atoms with E-state index >= 15 is 0 Å². The third-order valence-electron chi connectivity index (χ3n) is 6.64. The Morgan fingerprint density at radius 1 is 1.15 bits per heavy atom. The maximum atomic E-state index is 11.9.